The van der Waals surface area contributed by atoms with Crippen LogP contribution in [0.3, 0.4) is 0 Å². The van der Waals surface area contributed by atoms with Crippen LogP contribution in [0, 0.1) is 0 Å². The van der Waals surface area contributed by atoms with Gasteiger partial charge >= 0.3 is 0 Å². The monoisotopic (exact) mass is 355 g/mol. The van der Waals surface area contributed by atoms with Crippen molar-refractivity contribution in [1.82, 2.24) is 15.5 Å². The number of fused-ring (bicyclic) bond motifs is 1. The SMILES string of the molecule is COCCNC(=O)C[C@H]1C(=O)NCCN1Cc1cccc2ccccc12. The van der Waals surface area contributed by atoms with Gasteiger partial charge in [-0.25, -0.2) is 0 Å². The Morgan fingerprint density at radius 1 is 1.27 bits per heavy atom. The van der Waals surface area contributed by atoms with E-state index in [-0.39, 0.29) is 18.2 Å². The van der Waals surface area contributed by atoms with E-state index in [1.54, 1.807) is 7.11 Å². The Bertz CT molecular complexity index is 772. The maximum absolute atomic E-state index is 12.4. The van der Waals surface area contributed by atoms with Crippen molar-refractivity contribution in [2.24, 2.45) is 0 Å². The smallest absolute Gasteiger partial charge is 0.237 e. The number of ether oxygens (including phenoxy) is 1. The predicted octanol–water partition coefficient (Wildman–Crippen LogP) is 1.29. The van der Waals surface area contributed by atoms with Gasteiger partial charge in [-0.3, -0.25) is 14.5 Å². The summed E-state index contributed by atoms with van der Waals surface area (Å²) in [5.41, 5.74) is 1.17. The summed E-state index contributed by atoms with van der Waals surface area (Å²) in [6.07, 6.45) is 0.153. The molecule has 2 aromatic rings. The highest BCUT2D eigenvalue weighted by molar-refractivity contribution is 5.89. The number of rotatable bonds is 7. The molecule has 3 rings (SSSR count). The quantitative estimate of drug-likeness (QED) is 0.735. The minimum absolute atomic E-state index is 0.0848. The highest BCUT2D eigenvalue weighted by Crippen LogP contribution is 2.22. The molecule has 1 aliphatic rings. The molecule has 138 valence electrons. The lowest BCUT2D eigenvalue weighted by Crippen LogP contribution is -2.56. The van der Waals surface area contributed by atoms with Crippen LogP contribution in [0.5, 0.6) is 0 Å². The highest BCUT2D eigenvalue weighted by Gasteiger charge is 2.31. The average molecular weight is 355 g/mol. The Labute approximate surface area is 153 Å². The lowest BCUT2D eigenvalue weighted by atomic mass is 10.0. The van der Waals surface area contributed by atoms with Crippen LogP contribution in [0.4, 0.5) is 0 Å². The maximum Gasteiger partial charge on any atom is 0.237 e. The minimum atomic E-state index is -0.453. The number of amides is 2. The van der Waals surface area contributed by atoms with Gasteiger partial charge in [0.2, 0.25) is 11.8 Å². The summed E-state index contributed by atoms with van der Waals surface area (Å²) in [6, 6.07) is 14.0. The van der Waals surface area contributed by atoms with Crippen LogP contribution in [0.25, 0.3) is 10.8 Å². The van der Waals surface area contributed by atoms with Gasteiger partial charge in [-0.15, -0.1) is 0 Å². The Morgan fingerprint density at radius 3 is 2.92 bits per heavy atom. The number of carbonyl (C=O) groups is 2. The molecular formula is C20H25N3O3. The molecule has 1 atom stereocenters. The fourth-order valence-electron chi connectivity index (χ4n) is 3.36. The predicted molar refractivity (Wildman–Crippen MR) is 101 cm³/mol. The van der Waals surface area contributed by atoms with E-state index in [4.69, 9.17) is 4.74 Å². The van der Waals surface area contributed by atoms with Crippen LogP contribution in [0.15, 0.2) is 42.5 Å². The van der Waals surface area contributed by atoms with Gasteiger partial charge in [0.1, 0.15) is 0 Å². The molecule has 6 heteroatoms. The molecule has 6 nitrogen and oxygen atoms in total. The molecule has 0 radical (unpaired) electrons. The highest BCUT2D eigenvalue weighted by atomic mass is 16.5. The normalized spacial score (nSPS) is 17.9. The molecular weight excluding hydrogens is 330 g/mol. The molecule has 26 heavy (non-hydrogen) atoms. The van der Waals surface area contributed by atoms with E-state index in [1.165, 1.54) is 16.3 Å². The Balaban J connectivity index is 1.73. The number of piperazine rings is 1. The van der Waals surface area contributed by atoms with Crippen molar-refractivity contribution in [2.45, 2.75) is 19.0 Å². The fourth-order valence-corrected chi connectivity index (χ4v) is 3.36. The van der Waals surface area contributed by atoms with Gasteiger partial charge < -0.3 is 15.4 Å². The third-order valence-electron chi connectivity index (χ3n) is 4.70. The summed E-state index contributed by atoms with van der Waals surface area (Å²) in [4.78, 5) is 26.6. The molecule has 1 heterocycles. The minimum Gasteiger partial charge on any atom is -0.383 e. The number of methoxy groups -OCH3 is 1. The number of carbonyl (C=O) groups excluding carboxylic acids is 2. The van der Waals surface area contributed by atoms with Gasteiger partial charge in [-0.2, -0.15) is 0 Å². The molecule has 0 aliphatic carbocycles. The van der Waals surface area contributed by atoms with Crippen LogP contribution in [-0.4, -0.2) is 56.1 Å². The zero-order valence-corrected chi connectivity index (χ0v) is 15.0. The van der Waals surface area contributed by atoms with E-state index >= 15 is 0 Å². The van der Waals surface area contributed by atoms with E-state index in [0.717, 1.165) is 6.54 Å². The first-order chi connectivity index (χ1) is 12.7. The van der Waals surface area contributed by atoms with Crippen molar-refractivity contribution < 1.29 is 14.3 Å². The largest absolute Gasteiger partial charge is 0.383 e. The summed E-state index contributed by atoms with van der Waals surface area (Å²) in [5, 5.41) is 8.03. The second kappa shape index (κ2) is 8.78. The first-order valence-corrected chi connectivity index (χ1v) is 8.93. The first kappa shape index (κ1) is 18.4. The van der Waals surface area contributed by atoms with Gasteiger partial charge in [-0.1, -0.05) is 42.5 Å². The van der Waals surface area contributed by atoms with E-state index in [2.05, 4.69) is 39.8 Å². The summed E-state index contributed by atoms with van der Waals surface area (Å²) in [6.45, 7) is 2.89. The molecule has 0 aromatic heterocycles. The Hall–Kier alpha value is -2.44. The third kappa shape index (κ3) is 4.39. The van der Waals surface area contributed by atoms with Crippen LogP contribution in [-0.2, 0) is 20.9 Å². The van der Waals surface area contributed by atoms with E-state index in [1.807, 2.05) is 18.2 Å². The summed E-state index contributed by atoms with van der Waals surface area (Å²) >= 11 is 0. The molecule has 2 amide bonds. The second-order valence-electron chi connectivity index (χ2n) is 6.46. The number of nitrogens with one attached hydrogen (secondary N) is 2. The molecule has 2 N–H and O–H groups in total. The lowest BCUT2D eigenvalue weighted by molar-refractivity contribution is -0.134. The van der Waals surface area contributed by atoms with Gasteiger partial charge in [0, 0.05) is 33.3 Å². The molecule has 1 saturated heterocycles. The van der Waals surface area contributed by atoms with Crippen LogP contribution < -0.4 is 10.6 Å². The molecule has 1 fully saturated rings. The topological polar surface area (TPSA) is 70.7 Å². The van der Waals surface area contributed by atoms with Crippen LogP contribution in [0.2, 0.25) is 0 Å². The number of hydrogen-bond donors (Lipinski definition) is 2. The fraction of sp³-hybridized carbons (Fsp3) is 0.400. The third-order valence-corrected chi connectivity index (χ3v) is 4.70. The lowest BCUT2D eigenvalue weighted by Gasteiger charge is -2.35. The van der Waals surface area contributed by atoms with Crippen molar-refractivity contribution in [3.05, 3.63) is 48.0 Å². The molecule has 2 aromatic carbocycles. The van der Waals surface area contributed by atoms with Gasteiger partial charge in [0.15, 0.2) is 0 Å². The van der Waals surface area contributed by atoms with Crippen LogP contribution in [0.1, 0.15) is 12.0 Å². The molecule has 0 unspecified atom stereocenters. The Kier molecular flexibility index (Phi) is 6.20. The summed E-state index contributed by atoms with van der Waals surface area (Å²) in [7, 11) is 1.59. The van der Waals surface area contributed by atoms with Gasteiger partial charge in [-0.05, 0) is 16.3 Å². The first-order valence-electron chi connectivity index (χ1n) is 8.93. The van der Waals surface area contributed by atoms with E-state index in [9.17, 15) is 9.59 Å². The number of nitrogens with zero attached hydrogens (tertiary/aromatic N) is 1. The van der Waals surface area contributed by atoms with Crippen molar-refractivity contribution in [1.29, 1.82) is 0 Å². The van der Waals surface area contributed by atoms with Crippen molar-refractivity contribution in [3.8, 4) is 0 Å². The van der Waals surface area contributed by atoms with E-state index in [0.29, 0.717) is 26.2 Å². The van der Waals surface area contributed by atoms with Gasteiger partial charge in [0.05, 0.1) is 19.1 Å². The number of hydrogen-bond acceptors (Lipinski definition) is 4. The van der Waals surface area contributed by atoms with Crippen molar-refractivity contribution >= 4 is 22.6 Å². The Morgan fingerprint density at radius 2 is 2.08 bits per heavy atom. The summed E-state index contributed by atoms with van der Waals surface area (Å²) < 4.78 is 4.94. The van der Waals surface area contributed by atoms with Crippen LogP contribution >= 0.6 is 0 Å². The maximum atomic E-state index is 12.4. The molecule has 1 aliphatic heterocycles. The van der Waals surface area contributed by atoms with E-state index < -0.39 is 6.04 Å². The number of benzene rings is 2. The molecule has 0 bridgehead atoms. The van der Waals surface area contributed by atoms with Crippen molar-refractivity contribution in [2.75, 3.05) is 33.4 Å². The standard InChI is InChI=1S/C20H25N3O3/c1-26-12-10-21-19(24)13-18-20(25)22-9-11-23(18)14-16-7-4-6-15-5-2-3-8-17(15)16/h2-8,18H,9-14H2,1H3,(H,21,24)(H,22,25)/t18-/m0/s1. The zero-order valence-electron chi connectivity index (χ0n) is 15.0. The van der Waals surface area contributed by atoms with Gasteiger partial charge in [0.25, 0.3) is 0 Å². The second-order valence-corrected chi connectivity index (χ2v) is 6.46. The average Bonchev–Trinajstić information content (AvgIpc) is 2.65. The zero-order chi connectivity index (χ0) is 18.4. The molecule has 0 saturated carbocycles. The molecule has 0 spiro atoms. The van der Waals surface area contributed by atoms with Crippen molar-refractivity contribution in [3.63, 3.8) is 0 Å². The summed E-state index contributed by atoms with van der Waals surface area (Å²) in [5.74, 6) is -0.217.